The largest absolute Gasteiger partial charge is 0.504 e. The van der Waals surface area contributed by atoms with Crippen molar-refractivity contribution in [2.75, 3.05) is 7.11 Å². The van der Waals surface area contributed by atoms with E-state index in [4.69, 9.17) is 18.6 Å². The van der Waals surface area contributed by atoms with Crippen LogP contribution in [0, 0.1) is 0 Å². The van der Waals surface area contributed by atoms with Crippen LogP contribution in [0.3, 0.4) is 0 Å². The molecule has 174 valence electrons. The lowest BCUT2D eigenvalue weighted by Crippen LogP contribution is -2.61. The molecular weight excluding hydrogens is 440 g/mol. The zero-order valence-electron chi connectivity index (χ0n) is 17.1. The molecule has 33 heavy (non-hydrogen) atoms. The van der Waals surface area contributed by atoms with Crippen LogP contribution in [0.1, 0.15) is 0 Å². The van der Waals surface area contributed by atoms with Crippen LogP contribution in [0.25, 0.3) is 22.3 Å². The zero-order chi connectivity index (χ0) is 23.9. The molecule has 4 rings (SSSR count). The van der Waals surface area contributed by atoms with E-state index in [-0.39, 0.29) is 28.2 Å². The Morgan fingerprint density at radius 1 is 1.03 bits per heavy atom. The van der Waals surface area contributed by atoms with E-state index in [1.54, 1.807) is 30.3 Å². The number of phenols is 1. The van der Waals surface area contributed by atoms with Gasteiger partial charge in [-0.3, -0.25) is 4.79 Å². The van der Waals surface area contributed by atoms with E-state index in [1.165, 1.54) is 19.2 Å². The SMILES string of the molecule is COc1c(O[C@H]2O[C@H](C(=O)O)[C@H](O)[C@H](O)[C@H]2O)cc2oc(-c3ccccc3)cc(=O)c2c1O. The van der Waals surface area contributed by atoms with Crippen LogP contribution >= 0.6 is 0 Å². The predicted octanol–water partition coefficient (Wildman–Crippen LogP) is 0.445. The molecule has 3 aromatic rings. The van der Waals surface area contributed by atoms with Gasteiger partial charge in [0.25, 0.3) is 0 Å². The Labute approximate surface area is 185 Å². The number of aromatic hydroxyl groups is 1. The zero-order valence-corrected chi connectivity index (χ0v) is 17.1. The molecule has 11 heteroatoms. The number of phenolic OH excluding ortho intramolecular Hbond substituents is 1. The Kier molecular flexibility index (Phi) is 5.95. The second-order valence-corrected chi connectivity index (χ2v) is 7.32. The van der Waals surface area contributed by atoms with Crippen molar-refractivity contribution in [2.24, 2.45) is 0 Å². The molecule has 1 saturated heterocycles. The number of aliphatic hydroxyl groups excluding tert-OH is 3. The van der Waals surface area contributed by atoms with Crippen molar-refractivity contribution in [1.29, 1.82) is 0 Å². The summed E-state index contributed by atoms with van der Waals surface area (Å²) >= 11 is 0. The van der Waals surface area contributed by atoms with Gasteiger partial charge in [-0.05, 0) is 0 Å². The lowest BCUT2D eigenvalue weighted by Gasteiger charge is -2.38. The Bertz CT molecular complexity index is 1240. The second kappa shape index (κ2) is 8.71. The number of fused-ring (bicyclic) bond motifs is 1. The van der Waals surface area contributed by atoms with Crippen molar-refractivity contribution in [3.63, 3.8) is 0 Å². The van der Waals surface area contributed by atoms with Crippen molar-refractivity contribution in [2.45, 2.75) is 30.7 Å². The summed E-state index contributed by atoms with van der Waals surface area (Å²) in [4.78, 5) is 24.0. The van der Waals surface area contributed by atoms with E-state index in [0.717, 1.165) is 0 Å². The Balaban J connectivity index is 1.80. The molecule has 5 N–H and O–H groups in total. The highest BCUT2D eigenvalue weighted by Crippen LogP contribution is 2.43. The number of carbonyl (C=O) groups is 1. The third-order valence-corrected chi connectivity index (χ3v) is 5.23. The van der Waals surface area contributed by atoms with Crippen molar-refractivity contribution in [3.05, 3.63) is 52.7 Å². The molecule has 1 aliphatic heterocycles. The maximum atomic E-state index is 12.7. The Morgan fingerprint density at radius 3 is 2.36 bits per heavy atom. The second-order valence-electron chi connectivity index (χ2n) is 7.32. The molecule has 0 aliphatic carbocycles. The number of hydrogen-bond acceptors (Lipinski definition) is 10. The first kappa shape index (κ1) is 22.6. The summed E-state index contributed by atoms with van der Waals surface area (Å²) in [7, 11) is 1.19. The molecule has 5 atom stereocenters. The van der Waals surface area contributed by atoms with Crippen molar-refractivity contribution in [1.82, 2.24) is 0 Å². The number of carboxylic acids is 1. The average molecular weight is 460 g/mol. The fourth-order valence-corrected chi connectivity index (χ4v) is 3.57. The van der Waals surface area contributed by atoms with Crippen LogP contribution in [0.15, 0.2) is 51.7 Å². The molecule has 2 heterocycles. The van der Waals surface area contributed by atoms with E-state index in [9.17, 15) is 35.1 Å². The number of aliphatic hydroxyl groups is 3. The van der Waals surface area contributed by atoms with Crippen LogP contribution in [-0.2, 0) is 9.53 Å². The smallest absolute Gasteiger partial charge is 0.335 e. The highest BCUT2D eigenvalue weighted by atomic mass is 16.7. The summed E-state index contributed by atoms with van der Waals surface area (Å²) in [5.41, 5.74) is -0.0482. The number of aliphatic carboxylic acids is 1. The highest BCUT2D eigenvalue weighted by Gasteiger charge is 2.48. The standard InChI is InChI=1S/C22H20O11/c1-30-19-13(32-22-18(27)16(25)17(26)20(33-22)21(28)29)8-12-14(15(19)24)10(23)7-11(31-12)9-5-3-2-4-6-9/h2-8,16-18,20,22,24-27H,1H3,(H,28,29)/t16-,17+,18+,20-,22-/m0/s1. The van der Waals surface area contributed by atoms with E-state index >= 15 is 0 Å². The quantitative estimate of drug-likeness (QED) is 0.357. The summed E-state index contributed by atoms with van der Waals surface area (Å²) in [5, 5.41) is 49.7. The van der Waals surface area contributed by atoms with Crippen LogP contribution in [0.5, 0.6) is 17.2 Å². The molecule has 1 aliphatic rings. The monoisotopic (exact) mass is 460 g/mol. The molecule has 2 aromatic carbocycles. The molecular formula is C22H20O11. The molecule has 0 spiro atoms. The van der Waals surface area contributed by atoms with E-state index in [1.807, 2.05) is 0 Å². The number of carboxylic acid groups (broad SMARTS) is 1. The topological polar surface area (TPSA) is 176 Å². The summed E-state index contributed by atoms with van der Waals surface area (Å²) in [6.45, 7) is 0. The molecule has 0 bridgehead atoms. The van der Waals surface area contributed by atoms with Gasteiger partial charge in [0.2, 0.25) is 12.0 Å². The molecule has 0 amide bonds. The van der Waals surface area contributed by atoms with Gasteiger partial charge in [-0.15, -0.1) is 0 Å². The summed E-state index contributed by atoms with van der Waals surface area (Å²) < 4.78 is 21.5. The predicted molar refractivity (Wildman–Crippen MR) is 111 cm³/mol. The summed E-state index contributed by atoms with van der Waals surface area (Å²) in [5.74, 6) is -2.58. The molecule has 0 radical (unpaired) electrons. The molecule has 0 saturated carbocycles. The van der Waals surface area contributed by atoms with Crippen LogP contribution < -0.4 is 14.9 Å². The number of ether oxygens (including phenoxy) is 3. The number of methoxy groups -OCH3 is 1. The first-order valence-corrected chi connectivity index (χ1v) is 9.75. The molecule has 0 unspecified atom stereocenters. The van der Waals surface area contributed by atoms with Gasteiger partial charge < -0.3 is 44.2 Å². The van der Waals surface area contributed by atoms with Gasteiger partial charge in [0, 0.05) is 17.7 Å². The van der Waals surface area contributed by atoms with Gasteiger partial charge >= 0.3 is 5.97 Å². The average Bonchev–Trinajstić information content (AvgIpc) is 2.79. The molecule has 11 nitrogen and oxygen atoms in total. The normalized spacial score (nSPS) is 25.0. The van der Waals surface area contributed by atoms with Gasteiger partial charge in [-0.25, -0.2) is 4.79 Å². The Morgan fingerprint density at radius 2 is 1.73 bits per heavy atom. The summed E-state index contributed by atoms with van der Waals surface area (Å²) in [6.07, 6.45) is -9.31. The third-order valence-electron chi connectivity index (χ3n) is 5.23. The minimum Gasteiger partial charge on any atom is -0.504 e. The van der Waals surface area contributed by atoms with Gasteiger partial charge in [-0.2, -0.15) is 0 Å². The number of benzene rings is 2. The van der Waals surface area contributed by atoms with Crippen molar-refractivity contribution < 1.29 is 49.0 Å². The lowest BCUT2D eigenvalue weighted by atomic mass is 9.99. The third kappa shape index (κ3) is 3.98. The first-order valence-electron chi connectivity index (χ1n) is 9.75. The Hall–Kier alpha value is -3.64. The fourth-order valence-electron chi connectivity index (χ4n) is 3.57. The van der Waals surface area contributed by atoms with E-state index in [2.05, 4.69) is 0 Å². The van der Waals surface area contributed by atoms with Gasteiger partial charge in [0.15, 0.2) is 23.0 Å². The maximum Gasteiger partial charge on any atom is 0.335 e. The number of hydrogen-bond donors (Lipinski definition) is 5. The fraction of sp³-hybridized carbons (Fsp3) is 0.273. The minimum absolute atomic E-state index is 0.0877. The molecule has 1 fully saturated rings. The van der Waals surface area contributed by atoms with Gasteiger partial charge in [0.05, 0.1) is 7.11 Å². The molecule has 1 aromatic heterocycles. The van der Waals surface area contributed by atoms with Crippen LogP contribution in [0.2, 0.25) is 0 Å². The van der Waals surface area contributed by atoms with E-state index in [0.29, 0.717) is 5.56 Å². The highest BCUT2D eigenvalue weighted by molar-refractivity contribution is 5.89. The van der Waals surface area contributed by atoms with Crippen molar-refractivity contribution in [3.8, 4) is 28.6 Å². The van der Waals surface area contributed by atoms with E-state index < -0.39 is 47.9 Å². The van der Waals surface area contributed by atoms with Crippen molar-refractivity contribution >= 4 is 16.9 Å². The minimum atomic E-state index is -1.91. The van der Waals surface area contributed by atoms with Gasteiger partial charge in [0.1, 0.15) is 35.0 Å². The van der Waals surface area contributed by atoms with Crippen LogP contribution in [-0.4, -0.2) is 69.3 Å². The number of rotatable bonds is 5. The maximum absolute atomic E-state index is 12.7. The van der Waals surface area contributed by atoms with Gasteiger partial charge in [-0.1, -0.05) is 30.3 Å². The lowest BCUT2D eigenvalue weighted by molar-refractivity contribution is -0.271. The summed E-state index contributed by atoms with van der Waals surface area (Å²) in [6, 6.07) is 11.1. The first-order chi connectivity index (χ1) is 15.7. The van der Waals surface area contributed by atoms with Crippen LogP contribution in [0.4, 0.5) is 0 Å².